The fourth-order valence-corrected chi connectivity index (χ4v) is 2.77. The maximum Gasteiger partial charge on any atom is 0.150 e. The molecule has 0 bridgehead atoms. The van der Waals surface area contributed by atoms with E-state index in [-0.39, 0.29) is 5.75 Å². The molecule has 0 aromatic heterocycles. The summed E-state index contributed by atoms with van der Waals surface area (Å²) in [6.07, 6.45) is 5.82. The maximum atomic E-state index is 11.3. The molecule has 0 aliphatic heterocycles. The first-order valence-electron chi connectivity index (χ1n) is 6.47. The zero-order valence-electron chi connectivity index (χ0n) is 10.5. The summed E-state index contributed by atoms with van der Waals surface area (Å²) in [5.74, 6) is 1.23. The van der Waals surface area contributed by atoms with Gasteiger partial charge in [-0.2, -0.15) is 0 Å². The molecule has 1 unspecified atom stereocenters. The number of rotatable bonds is 8. The molecule has 1 atom stereocenters. The van der Waals surface area contributed by atoms with Crippen molar-refractivity contribution < 1.29 is 8.42 Å². The molecule has 0 saturated heterocycles. The van der Waals surface area contributed by atoms with Crippen LogP contribution in [0.1, 0.15) is 46.0 Å². The van der Waals surface area contributed by atoms with Crippen molar-refractivity contribution >= 4 is 9.84 Å². The highest BCUT2D eigenvalue weighted by Crippen LogP contribution is 2.18. The molecule has 1 saturated carbocycles. The summed E-state index contributed by atoms with van der Waals surface area (Å²) in [6, 6.07) is 0.738. The Labute approximate surface area is 99.9 Å². The van der Waals surface area contributed by atoms with E-state index in [1.807, 2.05) is 0 Å². The first-order chi connectivity index (χ1) is 7.53. The zero-order valence-corrected chi connectivity index (χ0v) is 11.4. The van der Waals surface area contributed by atoms with E-state index in [4.69, 9.17) is 0 Å². The summed E-state index contributed by atoms with van der Waals surface area (Å²) in [5, 5.41) is 3.53. The van der Waals surface area contributed by atoms with Crippen molar-refractivity contribution in [3.63, 3.8) is 0 Å². The van der Waals surface area contributed by atoms with Crippen LogP contribution in [-0.4, -0.2) is 32.5 Å². The van der Waals surface area contributed by atoms with Crippen LogP contribution in [-0.2, 0) is 9.84 Å². The first kappa shape index (κ1) is 14.0. The minimum atomic E-state index is -2.76. The predicted molar refractivity (Wildman–Crippen MR) is 68.4 cm³/mol. The van der Waals surface area contributed by atoms with Gasteiger partial charge >= 0.3 is 0 Å². The third-order valence-electron chi connectivity index (χ3n) is 3.45. The molecule has 0 radical (unpaired) electrons. The Kier molecular flexibility index (Phi) is 5.76. The van der Waals surface area contributed by atoms with Gasteiger partial charge in [0.15, 0.2) is 0 Å². The summed E-state index contributed by atoms with van der Waals surface area (Å²) < 4.78 is 22.6. The van der Waals surface area contributed by atoms with E-state index >= 15 is 0 Å². The van der Waals surface area contributed by atoms with Crippen molar-refractivity contribution in [3.05, 3.63) is 0 Å². The van der Waals surface area contributed by atoms with Gasteiger partial charge in [-0.05, 0) is 38.1 Å². The predicted octanol–water partition coefficient (Wildman–Crippen LogP) is 1.98. The van der Waals surface area contributed by atoms with Crippen LogP contribution in [0.2, 0.25) is 0 Å². The summed E-state index contributed by atoms with van der Waals surface area (Å²) in [6.45, 7) is 4.96. The Morgan fingerprint density at radius 2 is 2.06 bits per heavy atom. The smallest absolute Gasteiger partial charge is 0.150 e. The fraction of sp³-hybridized carbons (Fsp3) is 1.00. The van der Waals surface area contributed by atoms with E-state index < -0.39 is 9.84 Å². The van der Waals surface area contributed by atoms with Crippen LogP contribution in [0.4, 0.5) is 0 Å². The lowest BCUT2D eigenvalue weighted by atomic mass is 9.92. The Morgan fingerprint density at radius 1 is 1.38 bits per heavy atom. The molecule has 0 spiro atoms. The molecule has 16 heavy (non-hydrogen) atoms. The minimum absolute atomic E-state index is 0.279. The fourth-order valence-electron chi connectivity index (χ4n) is 1.88. The van der Waals surface area contributed by atoms with E-state index in [0.717, 1.165) is 25.4 Å². The lowest BCUT2D eigenvalue weighted by Gasteiger charge is -2.28. The van der Waals surface area contributed by atoms with Gasteiger partial charge in [0.2, 0.25) is 0 Å². The molecule has 0 amide bonds. The average molecular weight is 247 g/mol. The number of hydrogen-bond donors (Lipinski definition) is 1. The Balaban J connectivity index is 2.03. The quantitative estimate of drug-likeness (QED) is 0.713. The van der Waals surface area contributed by atoms with Gasteiger partial charge in [-0.25, -0.2) is 8.42 Å². The van der Waals surface area contributed by atoms with Crippen molar-refractivity contribution in [1.82, 2.24) is 5.32 Å². The Bertz CT molecular complexity index is 283. The van der Waals surface area contributed by atoms with Gasteiger partial charge < -0.3 is 5.32 Å². The van der Waals surface area contributed by atoms with Crippen LogP contribution in [0.3, 0.4) is 0 Å². The lowest BCUT2D eigenvalue weighted by molar-refractivity contribution is 0.316. The van der Waals surface area contributed by atoms with Gasteiger partial charge in [-0.3, -0.25) is 0 Å². The molecule has 96 valence electrons. The second-order valence-corrected chi connectivity index (χ2v) is 7.49. The van der Waals surface area contributed by atoms with Crippen molar-refractivity contribution in [2.45, 2.75) is 52.0 Å². The Hall–Kier alpha value is -0.0900. The van der Waals surface area contributed by atoms with E-state index in [0.29, 0.717) is 11.7 Å². The molecular weight excluding hydrogens is 222 g/mol. The van der Waals surface area contributed by atoms with Crippen LogP contribution in [0, 0.1) is 5.92 Å². The number of hydrogen-bond acceptors (Lipinski definition) is 3. The summed E-state index contributed by atoms with van der Waals surface area (Å²) in [5.41, 5.74) is 0. The van der Waals surface area contributed by atoms with E-state index in [1.54, 1.807) is 6.92 Å². The Morgan fingerprint density at radius 3 is 2.56 bits per heavy atom. The van der Waals surface area contributed by atoms with Gasteiger partial charge in [0.05, 0.1) is 5.75 Å². The first-order valence-corrected chi connectivity index (χ1v) is 8.29. The molecule has 0 heterocycles. The number of sulfone groups is 1. The third kappa shape index (κ3) is 5.30. The molecule has 0 aromatic carbocycles. The molecule has 1 rings (SSSR count). The van der Waals surface area contributed by atoms with Crippen LogP contribution < -0.4 is 5.32 Å². The van der Waals surface area contributed by atoms with E-state index in [9.17, 15) is 8.42 Å². The topological polar surface area (TPSA) is 46.2 Å². The molecule has 1 aliphatic rings. The van der Waals surface area contributed by atoms with Crippen LogP contribution >= 0.6 is 0 Å². The van der Waals surface area contributed by atoms with Crippen molar-refractivity contribution in [2.75, 3.05) is 18.1 Å². The van der Waals surface area contributed by atoms with Crippen molar-refractivity contribution in [3.8, 4) is 0 Å². The lowest BCUT2D eigenvalue weighted by Crippen LogP contribution is -2.37. The van der Waals surface area contributed by atoms with Gasteiger partial charge in [0.25, 0.3) is 0 Å². The van der Waals surface area contributed by atoms with Crippen molar-refractivity contribution in [2.24, 2.45) is 5.92 Å². The van der Waals surface area contributed by atoms with E-state index in [1.165, 1.54) is 19.3 Å². The van der Waals surface area contributed by atoms with Gasteiger partial charge in [-0.1, -0.05) is 20.3 Å². The molecule has 1 fully saturated rings. The molecule has 1 aliphatic carbocycles. The number of nitrogens with one attached hydrogen (secondary N) is 1. The zero-order chi connectivity index (χ0) is 12.0. The average Bonchev–Trinajstić information content (AvgIpc) is 2.15. The summed E-state index contributed by atoms with van der Waals surface area (Å²) in [4.78, 5) is 0. The molecular formula is C12H25NO2S. The minimum Gasteiger partial charge on any atom is -0.314 e. The molecule has 1 N–H and O–H groups in total. The third-order valence-corrected chi connectivity index (χ3v) is 5.24. The highest BCUT2D eigenvalue weighted by molar-refractivity contribution is 7.91. The van der Waals surface area contributed by atoms with Crippen molar-refractivity contribution in [1.29, 1.82) is 0 Å². The largest absolute Gasteiger partial charge is 0.314 e. The highest BCUT2D eigenvalue weighted by Gasteiger charge is 2.17. The normalized spacial score (nSPS) is 19.4. The SMILES string of the molecule is CCS(=O)(=O)CCCC(C)CNC1CCC1. The molecule has 3 nitrogen and oxygen atoms in total. The summed E-state index contributed by atoms with van der Waals surface area (Å²) in [7, 11) is -2.76. The highest BCUT2D eigenvalue weighted by atomic mass is 32.2. The second kappa shape index (κ2) is 6.60. The standard InChI is InChI=1S/C12H25NO2S/c1-3-16(14,15)9-5-6-11(2)10-13-12-7-4-8-12/h11-13H,3-10H2,1-2H3. The van der Waals surface area contributed by atoms with Gasteiger partial charge in [0, 0.05) is 11.8 Å². The molecule has 0 aromatic rings. The van der Waals surface area contributed by atoms with Gasteiger partial charge in [0.1, 0.15) is 9.84 Å². The van der Waals surface area contributed by atoms with E-state index in [2.05, 4.69) is 12.2 Å². The molecule has 4 heteroatoms. The summed E-state index contributed by atoms with van der Waals surface area (Å²) >= 11 is 0. The second-order valence-electron chi connectivity index (χ2n) is 5.02. The van der Waals surface area contributed by atoms with Crippen LogP contribution in [0.15, 0.2) is 0 Å². The maximum absolute atomic E-state index is 11.3. The monoisotopic (exact) mass is 247 g/mol. The van der Waals surface area contributed by atoms with Crippen LogP contribution in [0.25, 0.3) is 0 Å². The van der Waals surface area contributed by atoms with Crippen LogP contribution in [0.5, 0.6) is 0 Å². The van der Waals surface area contributed by atoms with Gasteiger partial charge in [-0.15, -0.1) is 0 Å².